The van der Waals surface area contributed by atoms with Crippen LogP contribution in [0.2, 0.25) is 0 Å². The molecule has 0 fully saturated rings. The number of aryl methyl sites for hydroxylation is 1. The number of nitrogen functional groups attached to an aromatic ring is 1. The lowest BCUT2D eigenvalue weighted by molar-refractivity contribution is -0.114. The van der Waals surface area contributed by atoms with E-state index in [2.05, 4.69) is 15.3 Å². The summed E-state index contributed by atoms with van der Waals surface area (Å²) < 4.78 is 0. The van der Waals surface area contributed by atoms with Crippen LogP contribution in [0, 0.1) is 6.92 Å². The minimum absolute atomic E-state index is 0.165. The smallest absolute Gasteiger partial charge is 0.222 e. The molecule has 0 saturated carbocycles. The van der Waals surface area contributed by atoms with Crippen LogP contribution in [-0.4, -0.2) is 15.9 Å². The molecule has 3 N–H and O–H groups in total. The summed E-state index contributed by atoms with van der Waals surface area (Å²) in [7, 11) is 0. The van der Waals surface area contributed by atoms with E-state index in [4.69, 9.17) is 5.73 Å². The molecule has 2 rings (SSSR count). The molecule has 18 heavy (non-hydrogen) atoms. The van der Waals surface area contributed by atoms with Crippen molar-refractivity contribution in [1.82, 2.24) is 9.97 Å². The van der Waals surface area contributed by atoms with E-state index in [1.165, 1.54) is 6.92 Å². The quantitative estimate of drug-likeness (QED) is 0.843. The van der Waals surface area contributed by atoms with Gasteiger partial charge in [-0.3, -0.25) is 9.78 Å². The third kappa shape index (κ3) is 2.45. The van der Waals surface area contributed by atoms with Gasteiger partial charge in [-0.05, 0) is 30.7 Å². The van der Waals surface area contributed by atoms with E-state index in [-0.39, 0.29) is 5.91 Å². The van der Waals surface area contributed by atoms with E-state index in [0.717, 1.165) is 11.1 Å². The first-order valence-electron chi connectivity index (χ1n) is 5.53. The van der Waals surface area contributed by atoms with Gasteiger partial charge in [0.25, 0.3) is 0 Å². The Kier molecular flexibility index (Phi) is 3.23. The molecule has 2 heterocycles. The zero-order valence-electron chi connectivity index (χ0n) is 10.3. The lowest BCUT2D eigenvalue weighted by Gasteiger charge is -2.11. The van der Waals surface area contributed by atoms with Crippen molar-refractivity contribution >= 4 is 17.4 Å². The summed E-state index contributed by atoms with van der Waals surface area (Å²) in [5, 5.41) is 2.71. The second-order valence-electron chi connectivity index (χ2n) is 3.98. The number of amides is 1. The Hall–Kier alpha value is -2.43. The Morgan fingerprint density at radius 2 is 2.00 bits per heavy atom. The molecule has 0 saturated heterocycles. The van der Waals surface area contributed by atoms with Crippen LogP contribution < -0.4 is 11.1 Å². The number of carbonyl (C=O) groups excluding carboxylic acids is 1. The molecule has 5 nitrogen and oxygen atoms in total. The number of aromatic nitrogens is 2. The van der Waals surface area contributed by atoms with Crippen LogP contribution in [-0.2, 0) is 4.79 Å². The van der Waals surface area contributed by atoms with Crippen LogP contribution >= 0.6 is 0 Å². The van der Waals surface area contributed by atoms with E-state index in [0.29, 0.717) is 17.2 Å². The summed E-state index contributed by atoms with van der Waals surface area (Å²) in [6, 6.07) is 5.50. The highest BCUT2D eigenvalue weighted by Crippen LogP contribution is 2.29. The lowest BCUT2D eigenvalue weighted by Crippen LogP contribution is -2.10. The minimum atomic E-state index is -0.165. The van der Waals surface area contributed by atoms with Gasteiger partial charge in [-0.2, -0.15) is 0 Å². The fourth-order valence-corrected chi connectivity index (χ4v) is 1.63. The van der Waals surface area contributed by atoms with Gasteiger partial charge in [-0.1, -0.05) is 0 Å². The fourth-order valence-electron chi connectivity index (χ4n) is 1.63. The standard InChI is InChI=1S/C13H14N4O/c1-8-12(14)7-11(10-3-5-15-6-4-10)13(16-8)17-9(2)18/h3-7H,14H2,1-2H3,(H,16,17,18). The van der Waals surface area contributed by atoms with E-state index in [9.17, 15) is 4.79 Å². The van der Waals surface area contributed by atoms with E-state index in [1.807, 2.05) is 18.2 Å². The second kappa shape index (κ2) is 4.83. The normalized spacial score (nSPS) is 10.1. The number of nitrogens with one attached hydrogen (secondary N) is 1. The second-order valence-corrected chi connectivity index (χ2v) is 3.98. The van der Waals surface area contributed by atoms with E-state index < -0.39 is 0 Å². The van der Waals surface area contributed by atoms with E-state index >= 15 is 0 Å². The van der Waals surface area contributed by atoms with Gasteiger partial charge in [0.15, 0.2) is 0 Å². The summed E-state index contributed by atoms with van der Waals surface area (Å²) in [6.45, 7) is 3.25. The molecule has 2 aromatic rings. The first kappa shape index (κ1) is 12.0. The lowest BCUT2D eigenvalue weighted by atomic mass is 10.1. The molecule has 0 unspecified atom stereocenters. The Labute approximate surface area is 105 Å². The van der Waals surface area contributed by atoms with Gasteiger partial charge in [0.05, 0.1) is 11.4 Å². The number of anilines is 2. The number of rotatable bonds is 2. The van der Waals surface area contributed by atoms with Crippen molar-refractivity contribution in [1.29, 1.82) is 0 Å². The maximum absolute atomic E-state index is 11.2. The molecule has 2 aromatic heterocycles. The van der Waals surface area contributed by atoms with Crippen molar-refractivity contribution in [2.75, 3.05) is 11.1 Å². The third-order valence-electron chi connectivity index (χ3n) is 2.54. The highest BCUT2D eigenvalue weighted by atomic mass is 16.1. The zero-order valence-corrected chi connectivity index (χ0v) is 10.3. The Bertz CT molecular complexity index is 581. The summed E-state index contributed by atoms with van der Waals surface area (Å²) in [5.74, 6) is 0.349. The fraction of sp³-hybridized carbons (Fsp3) is 0.154. The number of pyridine rings is 2. The van der Waals surface area contributed by atoms with E-state index in [1.54, 1.807) is 19.3 Å². The molecular weight excluding hydrogens is 228 g/mol. The average molecular weight is 242 g/mol. The van der Waals surface area contributed by atoms with Gasteiger partial charge < -0.3 is 11.1 Å². The first-order valence-corrected chi connectivity index (χ1v) is 5.53. The number of nitrogens with two attached hydrogens (primary N) is 1. The number of hydrogen-bond acceptors (Lipinski definition) is 4. The molecule has 0 spiro atoms. The first-order chi connectivity index (χ1) is 8.58. The van der Waals surface area contributed by atoms with Crippen LogP contribution in [0.5, 0.6) is 0 Å². The van der Waals surface area contributed by atoms with Crippen molar-refractivity contribution in [3.05, 3.63) is 36.3 Å². The van der Waals surface area contributed by atoms with Crippen LogP contribution in [0.4, 0.5) is 11.5 Å². The summed E-state index contributed by atoms with van der Waals surface area (Å²) >= 11 is 0. The van der Waals surface area contributed by atoms with Gasteiger partial charge in [0.2, 0.25) is 5.91 Å². The Balaban J connectivity index is 2.57. The molecular formula is C13H14N4O. The number of carbonyl (C=O) groups is 1. The van der Waals surface area contributed by atoms with Crippen LogP contribution in [0.25, 0.3) is 11.1 Å². The molecule has 0 bridgehead atoms. The molecule has 5 heteroatoms. The van der Waals surface area contributed by atoms with Crippen molar-refractivity contribution in [3.63, 3.8) is 0 Å². The van der Waals surface area contributed by atoms with Crippen molar-refractivity contribution in [2.24, 2.45) is 0 Å². The maximum atomic E-state index is 11.2. The molecule has 0 aliphatic carbocycles. The number of nitrogens with zero attached hydrogens (tertiary/aromatic N) is 2. The SMILES string of the molecule is CC(=O)Nc1nc(C)c(N)cc1-c1ccncc1. The molecule has 0 aliphatic heterocycles. The molecule has 0 aliphatic rings. The van der Waals surface area contributed by atoms with Crippen LogP contribution in [0.15, 0.2) is 30.6 Å². The predicted molar refractivity (Wildman–Crippen MR) is 70.9 cm³/mol. The topological polar surface area (TPSA) is 80.9 Å². The summed E-state index contributed by atoms with van der Waals surface area (Å²) in [6.07, 6.45) is 3.37. The van der Waals surface area contributed by atoms with Crippen LogP contribution in [0.3, 0.4) is 0 Å². The molecule has 1 amide bonds. The van der Waals surface area contributed by atoms with Crippen molar-refractivity contribution < 1.29 is 4.79 Å². The van der Waals surface area contributed by atoms with Crippen molar-refractivity contribution in [2.45, 2.75) is 13.8 Å². The Morgan fingerprint density at radius 1 is 1.33 bits per heavy atom. The largest absolute Gasteiger partial charge is 0.397 e. The molecule has 0 radical (unpaired) electrons. The predicted octanol–water partition coefficient (Wildman–Crippen LogP) is 1.99. The Morgan fingerprint density at radius 3 is 2.61 bits per heavy atom. The summed E-state index contributed by atoms with van der Waals surface area (Å²) in [5.41, 5.74) is 8.85. The van der Waals surface area contributed by atoms with Gasteiger partial charge >= 0.3 is 0 Å². The van der Waals surface area contributed by atoms with Gasteiger partial charge in [-0.15, -0.1) is 0 Å². The molecule has 92 valence electrons. The van der Waals surface area contributed by atoms with Crippen molar-refractivity contribution in [3.8, 4) is 11.1 Å². The molecule has 0 aromatic carbocycles. The monoisotopic (exact) mass is 242 g/mol. The van der Waals surface area contributed by atoms with Gasteiger partial charge in [0.1, 0.15) is 5.82 Å². The maximum Gasteiger partial charge on any atom is 0.222 e. The molecule has 0 atom stereocenters. The van der Waals surface area contributed by atoms with Gasteiger partial charge in [0, 0.05) is 24.9 Å². The number of hydrogen-bond donors (Lipinski definition) is 2. The highest BCUT2D eigenvalue weighted by Gasteiger charge is 2.10. The zero-order chi connectivity index (χ0) is 13.1. The summed E-state index contributed by atoms with van der Waals surface area (Å²) in [4.78, 5) is 19.5. The highest BCUT2D eigenvalue weighted by molar-refractivity contribution is 5.93. The average Bonchev–Trinajstić information content (AvgIpc) is 2.34. The van der Waals surface area contributed by atoms with Gasteiger partial charge in [-0.25, -0.2) is 4.98 Å². The third-order valence-corrected chi connectivity index (χ3v) is 2.54. The minimum Gasteiger partial charge on any atom is -0.397 e. The van der Waals surface area contributed by atoms with Crippen LogP contribution in [0.1, 0.15) is 12.6 Å².